The third-order valence-corrected chi connectivity index (χ3v) is 24.8. The van der Waals surface area contributed by atoms with Crippen LogP contribution in [-0.4, -0.2) is 281 Å². The van der Waals surface area contributed by atoms with Gasteiger partial charge in [0, 0.05) is 87.9 Å². The summed E-state index contributed by atoms with van der Waals surface area (Å²) in [5, 5.41) is 8.28. The summed E-state index contributed by atoms with van der Waals surface area (Å²) in [4.78, 5) is 193. The summed E-state index contributed by atoms with van der Waals surface area (Å²) in [7, 11) is 11.4. The highest BCUT2D eigenvalue weighted by molar-refractivity contribution is 6.30. The molecule has 4 aliphatic carbocycles. The molecule has 6 fully saturated rings. The third-order valence-electron chi connectivity index (χ3n) is 23.7. The molecule has 3 aliphatic heterocycles. The highest BCUT2D eigenvalue weighted by Gasteiger charge is 2.53. The van der Waals surface area contributed by atoms with Crippen molar-refractivity contribution in [1.29, 1.82) is 0 Å². The second-order valence-electron chi connectivity index (χ2n) is 31.8. The molecule has 2 saturated heterocycles. The highest BCUT2D eigenvalue weighted by atomic mass is 35.5. The Labute approximate surface area is 629 Å². The van der Waals surface area contributed by atoms with Crippen molar-refractivity contribution in [3.8, 4) is 0 Å². The van der Waals surface area contributed by atoms with Crippen LogP contribution in [0.5, 0.6) is 0 Å². The molecule has 0 aromatic heterocycles. The fraction of sp³-hybridized carbons (Fsp3) is 0.813. The molecule has 0 radical (unpaired) electrons. The zero-order valence-electron chi connectivity index (χ0n) is 64.2. The van der Waals surface area contributed by atoms with Crippen LogP contribution in [0.2, 0.25) is 0 Å². The van der Waals surface area contributed by atoms with Gasteiger partial charge >= 0.3 is 6.18 Å². The molecular weight excluding hydrogens is 1400 g/mol. The molecule has 3 N–H and O–H groups in total. The molecule has 12 amide bonds. The van der Waals surface area contributed by atoms with Crippen LogP contribution in [0, 0.1) is 35.5 Å². The van der Waals surface area contributed by atoms with E-state index < -0.39 is 180 Å². The number of rotatable bonds is 13. The van der Waals surface area contributed by atoms with Crippen molar-refractivity contribution in [1.82, 2.24) is 60.0 Å². The van der Waals surface area contributed by atoms with Gasteiger partial charge in [-0.05, 0) is 146 Å². The topological polar surface area (TPSA) is 279 Å². The Balaban J connectivity index is 1.32. The van der Waals surface area contributed by atoms with E-state index in [1.807, 2.05) is 20.8 Å². The minimum absolute atomic E-state index is 0.00747. The highest BCUT2D eigenvalue weighted by Crippen LogP contribution is 2.43. The fourth-order valence-corrected chi connectivity index (χ4v) is 17.6. The van der Waals surface area contributed by atoms with Gasteiger partial charge in [-0.1, -0.05) is 72.0 Å². The maximum absolute atomic E-state index is 15.7. The van der Waals surface area contributed by atoms with Gasteiger partial charge in [-0.2, -0.15) is 13.2 Å². The zero-order valence-corrected chi connectivity index (χ0v) is 65.7. The molecule has 4 saturated carbocycles. The molecule has 7 aliphatic rings. The number of carbonyl (C=O) groups excluding carboxylic acids is 12. The SMILES string of the molecule is CCO[C@@H]1C[C@H]2C(=O)NC3(CCCC3)C(=O)N(C)[C@@H](C3CCCC3)C(=O)N(C)[C@H](C(=O)N(C)C)CC(=O)N(C)[C@@H](CC(C)C)C(=O)N[C@@H]([C@@H](C)CC)C(=O)N(C)CC(=O)N(C)[C@H]3C/C=C\CCN(C3=O)[C@@H](CC3CCC(C(F)(F)F)CC3)C(=O)N(C)CC(=O)N[C@@H](CCC3CCC(Cl)C(Cl)C3)C(=O)N2C1. The summed E-state index contributed by atoms with van der Waals surface area (Å²) in [6.45, 7) is 7.85. The van der Waals surface area contributed by atoms with E-state index in [4.69, 9.17) is 27.9 Å². The van der Waals surface area contributed by atoms with Crippen molar-refractivity contribution in [3.05, 3.63) is 12.2 Å². The maximum Gasteiger partial charge on any atom is 0.391 e. The van der Waals surface area contributed by atoms with Crippen LogP contribution in [0.1, 0.15) is 189 Å². The molecule has 105 heavy (non-hydrogen) atoms. The van der Waals surface area contributed by atoms with Gasteiger partial charge in [0.15, 0.2) is 0 Å². The van der Waals surface area contributed by atoms with Gasteiger partial charge in [0.2, 0.25) is 70.9 Å². The molecule has 3 unspecified atom stereocenters. The van der Waals surface area contributed by atoms with Gasteiger partial charge in [-0.25, -0.2) is 0 Å². The number of hydrogen-bond donors (Lipinski definition) is 3. The van der Waals surface area contributed by atoms with Crippen LogP contribution < -0.4 is 16.0 Å². The number of amides is 12. The van der Waals surface area contributed by atoms with Gasteiger partial charge in [0.05, 0.1) is 36.9 Å². The number of alkyl halides is 5. The minimum Gasteiger partial charge on any atom is -0.377 e. The van der Waals surface area contributed by atoms with Crippen molar-refractivity contribution in [2.75, 3.05) is 89.2 Å². The molecule has 2 bridgehead atoms. The number of fused-ring (bicyclic) bond motifs is 3. The second kappa shape index (κ2) is 38.2. The van der Waals surface area contributed by atoms with Crippen LogP contribution in [0.4, 0.5) is 13.2 Å². The second-order valence-corrected chi connectivity index (χ2v) is 32.9. The van der Waals surface area contributed by atoms with E-state index >= 15 is 28.8 Å². The molecule has 30 heteroatoms. The predicted molar refractivity (Wildman–Crippen MR) is 390 cm³/mol. The Morgan fingerprint density at radius 1 is 0.657 bits per heavy atom. The first kappa shape index (κ1) is 86.0. The Bertz CT molecular complexity index is 3110. The van der Waals surface area contributed by atoms with Gasteiger partial charge < -0.3 is 64.8 Å². The average Bonchev–Trinajstić information content (AvgIpc) is 1.71. The summed E-state index contributed by atoms with van der Waals surface area (Å²) in [6, 6.07) is -10.3. The summed E-state index contributed by atoms with van der Waals surface area (Å²) in [5.74, 6) is -11.2. The van der Waals surface area contributed by atoms with E-state index in [9.17, 15) is 41.9 Å². The van der Waals surface area contributed by atoms with Gasteiger partial charge in [-0.3, -0.25) is 57.5 Å². The fourth-order valence-electron chi connectivity index (χ4n) is 17.0. The lowest BCUT2D eigenvalue weighted by atomic mass is 9.78. The first-order valence-corrected chi connectivity index (χ1v) is 39.2. The molecule has 3 heterocycles. The van der Waals surface area contributed by atoms with Crippen LogP contribution >= 0.6 is 23.2 Å². The van der Waals surface area contributed by atoms with Crippen LogP contribution in [0.25, 0.3) is 0 Å². The van der Waals surface area contributed by atoms with Crippen molar-refractivity contribution in [3.63, 3.8) is 0 Å². The van der Waals surface area contributed by atoms with Crippen molar-refractivity contribution in [2.45, 2.75) is 266 Å². The summed E-state index contributed by atoms with van der Waals surface area (Å²) in [6.07, 6.45) is 4.38. The van der Waals surface area contributed by atoms with Crippen LogP contribution in [-0.2, 0) is 62.3 Å². The average molecular weight is 1520 g/mol. The Morgan fingerprint density at radius 2 is 1.30 bits per heavy atom. The molecule has 592 valence electrons. The standard InChI is InChI=1S/C75H119Cl2F3N12O13/c1-14-46(5)63-71(102)86(9)44-62(95)87(10)55-25-17-16-22-36-91(70(55)101)59(39-48-26-30-50(31-27-48)75(78,79)80)69(100)85(8)43-60(93)81-54(33-29-47-28-32-52(76)53(77)38-47)67(98)92-42-51(105-15-2)40-57(92)66(97)83-74(34-20-21-35-74)73(104)90(13)64(49-23-18-19-24-49)72(103)89(12)58(68(99)84(6)7)41-61(94)88(11)56(37-45(3)4)65(96)82-63/h16-17,45-59,63-64H,14-15,18-44H2,1-13H3,(H,81,93)(H,82,96)(H,83,97)/b17-16-/t46-,47?,48?,50?,51+,52?,53?,54-,55-,56-,57-,58-,59-,63-,64-/m0/s1. The van der Waals surface area contributed by atoms with Gasteiger partial charge in [0.25, 0.3) is 0 Å². The largest absolute Gasteiger partial charge is 0.391 e. The van der Waals surface area contributed by atoms with E-state index in [0.29, 0.717) is 57.8 Å². The number of nitrogens with zero attached hydrogens (tertiary/aromatic N) is 9. The van der Waals surface area contributed by atoms with Gasteiger partial charge in [0.1, 0.15) is 53.9 Å². The number of halogens is 5. The van der Waals surface area contributed by atoms with E-state index in [1.54, 1.807) is 26.0 Å². The molecule has 13 atom stereocenters. The van der Waals surface area contributed by atoms with Crippen molar-refractivity contribution >= 4 is 94.1 Å². The Kier molecular flexibility index (Phi) is 31.3. The van der Waals surface area contributed by atoms with Crippen LogP contribution in [0.15, 0.2) is 12.2 Å². The number of hydrogen-bond acceptors (Lipinski definition) is 13. The molecule has 25 nitrogen and oxygen atoms in total. The molecular formula is C75H119Cl2F3N12O13. The smallest absolute Gasteiger partial charge is 0.377 e. The molecule has 7 rings (SSSR count). The molecule has 1 spiro atoms. The third kappa shape index (κ3) is 21.6. The lowest BCUT2D eigenvalue weighted by Crippen LogP contribution is -2.65. The minimum atomic E-state index is -4.44. The summed E-state index contributed by atoms with van der Waals surface area (Å²) < 4.78 is 48.6. The van der Waals surface area contributed by atoms with E-state index in [-0.39, 0.29) is 119 Å². The quantitative estimate of drug-likeness (QED) is 0.132. The normalized spacial score (nSPS) is 31.8. The molecule has 0 aromatic rings. The lowest BCUT2D eigenvalue weighted by Gasteiger charge is -2.42. The zero-order chi connectivity index (χ0) is 77.7. The lowest BCUT2D eigenvalue weighted by molar-refractivity contribution is -0.184. The van der Waals surface area contributed by atoms with Gasteiger partial charge in [-0.15, -0.1) is 23.2 Å². The first-order valence-electron chi connectivity index (χ1n) is 38.4. The number of ether oxygens (including phenoxy) is 1. The monoisotopic (exact) mass is 1520 g/mol. The maximum atomic E-state index is 15.7. The van der Waals surface area contributed by atoms with Crippen molar-refractivity contribution in [2.24, 2.45) is 35.5 Å². The van der Waals surface area contributed by atoms with E-state index in [1.165, 1.54) is 90.7 Å². The Hall–Kier alpha value is -6.29. The first-order chi connectivity index (χ1) is 49.4. The number of likely N-dealkylation sites (N-methyl/N-ethyl adjacent to an activating group) is 7. The summed E-state index contributed by atoms with van der Waals surface area (Å²) in [5.41, 5.74) is -1.58. The van der Waals surface area contributed by atoms with Crippen molar-refractivity contribution < 1.29 is 75.4 Å². The predicted octanol–water partition coefficient (Wildman–Crippen LogP) is 6.49. The van der Waals surface area contributed by atoms with E-state index in [0.717, 1.165) is 22.6 Å². The van der Waals surface area contributed by atoms with Crippen LogP contribution in [0.3, 0.4) is 0 Å². The van der Waals surface area contributed by atoms with E-state index in [2.05, 4.69) is 16.0 Å². The Morgan fingerprint density at radius 3 is 1.90 bits per heavy atom. The summed E-state index contributed by atoms with van der Waals surface area (Å²) >= 11 is 13.3. The number of carbonyl (C=O) groups is 12. The molecule has 0 aromatic carbocycles. The number of nitrogens with one attached hydrogen (secondary N) is 3.